The fraction of sp³-hybridized carbons (Fsp3) is 0.533. The molecule has 0 spiro atoms. The minimum absolute atomic E-state index is 0.151. The first-order valence-electron chi connectivity index (χ1n) is 7.22. The second kappa shape index (κ2) is 6.92. The summed E-state index contributed by atoms with van der Waals surface area (Å²) in [6, 6.07) is 7.81. The van der Waals surface area contributed by atoms with Crippen LogP contribution >= 0.6 is 0 Å². The largest absolute Gasteiger partial charge is 0.490 e. The second-order valence-electron chi connectivity index (χ2n) is 5.73. The zero-order valence-corrected chi connectivity index (χ0v) is 12.4. The molecular formula is C15H16F5NO3. The number of nitrogens with one attached hydrogen (secondary N) is 1. The van der Waals surface area contributed by atoms with Crippen molar-refractivity contribution in [3.63, 3.8) is 0 Å². The molecule has 134 valence electrons. The smallest absolute Gasteiger partial charge is 0.490 e. The van der Waals surface area contributed by atoms with Gasteiger partial charge in [-0.25, -0.2) is 13.6 Å². The van der Waals surface area contributed by atoms with Crippen molar-refractivity contribution >= 4 is 5.97 Å². The Morgan fingerprint density at radius 2 is 1.67 bits per heavy atom. The molecule has 24 heavy (non-hydrogen) atoms. The molecule has 4 nitrogen and oxygen atoms in total. The molecule has 0 amide bonds. The number of hydrogen-bond acceptors (Lipinski definition) is 3. The summed E-state index contributed by atoms with van der Waals surface area (Å²) in [4.78, 5) is 8.90. The van der Waals surface area contributed by atoms with Crippen LogP contribution in [0.5, 0.6) is 5.75 Å². The predicted molar refractivity (Wildman–Crippen MR) is 74.3 cm³/mol. The molecule has 2 aliphatic rings. The van der Waals surface area contributed by atoms with Crippen LogP contribution in [0.1, 0.15) is 24.3 Å². The van der Waals surface area contributed by atoms with Gasteiger partial charge in [-0.05, 0) is 17.7 Å². The SMILES string of the molecule is FC1(F)CC(Oc2ccc(C3CNC3)cc2)C1.O=C(O)C(F)(F)F. The summed E-state index contributed by atoms with van der Waals surface area (Å²) in [7, 11) is 0. The van der Waals surface area contributed by atoms with E-state index in [1.807, 2.05) is 24.3 Å². The van der Waals surface area contributed by atoms with Gasteiger partial charge in [-0.1, -0.05) is 12.1 Å². The van der Waals surface area contributed by atoms with Crippen LogP contribution in [0.15, 0.2) is 24.3 Å². The van der Waals surface area contributed by atoms with Crippen molar-refractivity contribution in [3.8, 4) is 5.75 Å². The van der Waals surface area contributed by atoms with E-state index in [9.17, 15) is 22.0 Å². The Kier molecular flexibility index (Phi) is 5.32. The van der Waals surface area contributed by atoms with Gasteiger partial charge >= 0.3 is 12.1 Å². The average Bonchev–Trinajstić information content (AvgIpc) is 2.36. The average molecular weight is 353 g/mol. The molecular weight excluding hydrogens is 337 g/mol. The van der Waals surface area contributed by atoms with E-state index in [0.717, 1.165) is 13.1 Å². The highest BCUT2D eigenvalue weighted by Gasteiger charge is 2.47. The van der Waals surface area contributed by atoms with E-state index < -0.39 is 18.1 Å². The minimum Gasteiger partial charge on any atom is -0.490 e. The maximum atomic E-state index is 12.6. The molecule has 1 aromatic carbocycles. The Hall–Kier alpha value is -1.90. The van der Waals surface area contributed by atoms with Gasteiger partial charge in [0, 0.05) is 31.8 Å². The standard InChI is InChI=1S/C13H15F2NO.C2HF3O2/c14-13(15)5-12(6-13)17-11-3-1-9(2-4-11)10-7-16-8-10;3-2(4,5)1(6)7/h1-4,10,12,16H,5-8H2;(H,6,7). The van der Waals surface area contributed by atoms with Crippen LogP contribution in [0.25, 0.3) is 0 Å². The van der Waals surface area contributed by atoms with Gasteiger partial charge in [0.15, 0.2) is 0 Å². The number of carbonyl (C=O) groups is 1. The molecule has 0 aromatic heterocycles. The molecule has 2 fully saturated rings. The lowest BCUT2D eigenvalue weighted by atomic mass is 9.91. The Morgan fingerprint density at radius 1 is 1.17 bits per heavy atom. The molecule has 1 aromatic rings. The molecule has 0 unspecified atom stereocenters. The summed E-state index contributed by atoms with van der Waals surface area (Å²) in [5, 5.41) is 10.3. The Labute approximate surface area is 134 Å². The van der Waals surface area contributed by atoms with Gasteiger partial charge in [0.1, 0.15) is 11.9 Å². The number of alkyl halides is 5. The lowest BCUT2D eigenvalue weighted by molar-refractivity contribution is -0.192. The van der Waals surface area contributed by atoms with Crippen LogP contribution in [0.2, 0.25) is 0 Å². The first-order chi connectivity index (χ1) is 11.1. The Balaban J connectivity index is 0.000000256. The van der Waals surface area contributed by atoms with Crippen molar-refractivity contribution in [1.29, 1.82) is 0 Å². The molecule has 1 aliphatic carbocycles. The molecule has 1 saturated carbocycles. The molecule has 1 saturated heterocycles. The van der Waals surface area contributed by atoms with Crippen molar-refractivity contribution < 1.29 is 36.6 Å². The summed E-state index contributed by atoms with van der Waals surface area (Å²) >= 11 is 0. The van der Waals surface area contributed by atoms with Crippen molar-refractivity contribution in [3.05, 3.63) is 29.8 Å². The van der Waals surface area contributed by atoms with Crippen LogP contribution in [0.4, 0.5) is 22.0 Å². The molecule has 1 aliphatic heterocycles. The number of ether oxygens (including phenoxy) is 1. The summed E-state index contributed by atoms with van der Waals surface area (Å²) < 4.78 is 62.5. The van der Waals surface area contributed by atoms with Gasteiger partial charge in [-0.3, -0.25) is 0 Å². The Bertz CT molecular complexity index is 561. The van der Waals surface area contributed by atoms with Gasteiger partial charge < -0.3 is 15.2 Å². The van der Waals surface area contributed by atoms with Crippen molar-refractivity contribution in [2.45, 2.75) is 37.0 Å². The normalized spacial score (nSPS) is 20.2. The first kappa shape index (κ1) is 18.4. The summed E-state index contributed by atoms with van der Waals surface area (Å²) in [6.07, 6.45) is -5.70. The number of rotatable bonds is 3. The number of carboxylic acids is 1. The zero-order valence-electron chi connectivity index (χ0n) is 12.4. The topological polar surface area (TPSA) is 58.6 Å². The zero-order chi connectivity index (χ0) is 18.0. The first-order valence-corrected chi connectivity index (χ1v) is 7.22. The highest BCUT2D eigenvalue weighted by molar-refractivity contribution is 5.73. The van der Waals surface area contributed by atoms with E-state index in [4.69, 9.17) is 14.6 Å². The minimum atomic E-state index is -5.08. The third kappa shape index (κ3) is 5.05. The monoisotopic (exact) mass is 353 g/mol. The number of halogens is 5. The molecule has 0 atom stereocenters. The maximum absolute atomic E-state index is 12.6. The van der Waals surface area contributed by atoms with E-state index in [1.54, 1.807) is 0 Å². The van der Waals surface area contributed by atoms with Crippen LogP contribution in [-0.2, 0) is 4.79 Å². The molecule has 9 heteroatoms. The lowest BCUT2D eigenvalue weighted by Gasteiger charge is -2.35. The second-order valence-corrected chi connectivity index (χ2v) is 5.73. The van der Waals surface area contributed by atoms with E-state index in [1.165, 1.54) is 5.56 Å². The van der Waals surface area contributed by atoms with Gasteiger partial charge in [0.2, 0.25) is 0 Å². The number of carboxylic acid groups (broad SMARTS) is 1. The van der Waals surface area contributed by atoms with E-state index in [2.05, 4.69) is 5.32 Å². The Morgan fingerprint density at radius 3 is 2.00 bits per heavy atom. The molecule has 0 bridgehead atoms. The highest BCUT2D eigenvalue weighted by Crippen LogP contribution is 2.39. The quantitative estimate of drug-likeness (QED) is 0.820. The summed E-state index contributed by atoms with van der Waals surface area (Å²) in [5.74, 6) is -3.98. The summed E-state index contributed by atoms with van der Waals surface area (Å²) in [5.41, 5.74) is 1.29. The fourth-order valence-corrected chi connectivity index (χ4v) is 2.23. The molecule has 1 heterocycles. The number of benzene rings is 1. The van der Waals surface area contributed by atoms with Crippen LogP contribution in [0.3, 0.4) is 0 Å². The third-order valence-electron chi connectivity index (χ3n) is 3.73. The van der Waals surface area contributed by atoms with Crippen LogP contribution in [0, 0.1) is 0 Å². The fourth-order valence-electron chi connectivity index (χ4n) is 2.23. The highest BCUT2D eigenvalue weighted by atomic mass is 19.4. The van der Waals surface area contributed by atoms with Crippen molar-refractivity contribution in [2.75, 3.05) is 13.1 Å². The predicted octanol–water partition coefficient (Wildman–Crippen LogP) is 3.18. The van der Waals surface area contributed by atoms with Crippen LogP contribution in [-0.4, -0.2) is 42.4 Å². The molecule has 2 N–H and O–H groups in total. The van der Waals surface area contributed by atoms with Gasteiger partial charge in [-0.15, -0.1) is 0 Å². The number of aliphatic carboxylic acids is 1. The lowest BCUT2D eigenvalue weighted by Crippen LogP contribution is -2.43. The van der Waals surface area contributed by atoms with Gasteiger partial charge in [0.05, 0.1) is 0 Å². The van der Waals surface area contributed by atoms with E-state index in [0.29, 0.717) is 11.7 Å². The van der Waals surface area contributed by atoms with Crippen LogP contribution < -0.4 is 10.1 Å². The molecule has 3 rings (SSSR count). The summed E-state index contributed by atoms with van der Waals surface area (Å²) in [6.45, 7) is 2.05. The van der Waals surface area contributed by atoms with E-state index in [-0.39, 0.29) is 18.9 Å². The third-order valence-corrected chi connectivity index (χ3v) is 3.73. The van der Waals surface area contributed by atoms with Gasteiger partial charge in [0.25, 0.3) is 5.92 Å². The maximum Gasteiger partial charge on any atom is 0.490 e. The van der Waals surface area contributed by atoms with E-state index >= 15 is 0 Å². The van der Waals surface area contributed by atoms with Gasteiger partial charge in [-0.2, -0.15) is 13.2 Å². The van der Waals surface area contributed by atoms with Crippen molar-refractivity contribution in [2.24, 2.45) is 0 Å². The van der Waals surface area contributed by atoms with Crippen molar-refractivity contribution in [1.82, 2.24) is 5.32 Å². The number of hydrogen-bond donors (Lipinski definition) is 2. The molecule has 0 radical (unpaired) electrons.